The average Bonchev–Trinajstić information content (AvgIpc) is 3.14. The zero-order chi connectivity index (χ0) is 36.4. The summed E-state index contributed by atoms with van der Waals surface area (Å²) in [7, 11) is 0. The molecule has 0 saturated carbocycles. The fraction of sp³-hybridized carbons (Fsp3) is 0.629. The topological polar surface area (TPSA) is 192 Å². The molecule has 1 aromatic carbocycles. The van der Waals surface area contributed by atoms with Crippen molar-refractivity contribution in [1.82, 2.24) is 52.2 Å². The van der Waals surface area contributed by atoms with Gasteiger partial charge in [-0.15, -0.1) is 0 Å². The minimum atomic E-state index is -0.668. The van der Waals surface area contributed by atoms with Gasteiger partial charge >= 0.3 is 44.6 Å². The van der Waals surface area contributed by atoms with Crippen LogP contribution in [-0.4, -0.2) is 152 Å². The van der Waals surface area contributed by atoms with E-state index < -0.39 is 11.5 Å². The first-order valence-electron chi connectivity index (χ1n) is 18.9. The molecule has 286 valence electrons. The van der Waals surface area contributed by atoms with E-state index in [-0.39, 0.29) is 51.1 Å². The van der Waals surface area contributed by atoms with E-state index in [2.05, 4.69) is 71.1 Å². The predicted octanol–water partition coefficient (Wildman–Crippen LogP) is -1.16. The second-order valence-corrected chi connectivity index (χ2v) is 12.8. The van der Waals surface area contributed by atoms with Crippen LogP contribution in [0.3, 0.4) is 0 Å². The van der Waals surface area contributed by atoms with Crippen LogP contribution in [0.4, 0.5) is 23.5 Å². The van der Waals surface area contributed by atoms with Crippen LogP contribution in [0.2, 0.25) is 0 Å². The van der Waals surface area contributed by atoms with Crippen molar-refractivity contribution in [1.29, 1.82) is 0 Å². The van der Waals surface area contributed by atoms with Crippen LogP contribution >= 0.6 is 0 Å². The summed E-state index contributed by atoms with van der Waals surface area (Å²) in [5.41, 5.74) is 0.723. The molecular weight excluding hydrogens is 795 g/mol. The summed E-state index contributed by atoms with van der Waals surface area (Å²) in [6.07, 6.45) is 0. The zero-order valence-electron chi connectivity index (χ0n) is 32.3. The molecule has 3 aromatic rings. The van der Waals surface area contributed by atoms with Gasteiger partial charge in [0, 0.05) is 148 Å². The van der Waals surface area contributed by atoms with Gasteiger partial charge in [0.05, 0.1) is 0 Å². The van der Waals surface area contributed by atoms with Gasteiger partial charge in [-0.2, -0.15) is 15.0 Å². The molecule has 2 aromatic heterocycles. The molecule has 2 saturated heterocycles. The van der Waals surface area contributed by atoms with Crippen LogP contribution in [0.15, 0.2) is 33.5 Å². The van der Waals surface area contributed by atoms with Crippen molar-refractivity contribution < 1.29 is 48.2 Å². The number of benzene rings is 1. The van der Waals surface area contributed by atoms with Crippen molar-refractivity contribution in [3.8, 4) is 0 Å². The minimum absolute atomic E-state index is 0. The van der Waals surface area contributed by atoms with Crippen molar-refractivity contribution in [2.24, 2.45) is 0 Å². The smallest absolute Gasteiger partial charge is 0.422 e. The van der Waals surface area contributed by atoms with E-state index in [1.165, 1.54) is 0 Å². The molecule has 19 heteroatoms. The van der Waals surface area contributed by atoms with E-state index in [0.717, 1.165) is 123 Å². The quantitative estimate of drug-likeness (QED) is 0.0692. The Labute approximate surface area is 344 Å². The van der Waals surface area contributed by atoms with E-state index in [1.54, 1.807) is 6.07 Å². The Morgan fingerprint density at radius 1 is 0.704 bits per heavy atom. The molecule has 2 fully saturated rings. The number of carbonyl (C=O) groups excluding carboxylic acids is 1. The van der Waals surface area contributed by atoms with Gasteiger partial charge in [-0.05, 0) is 32.0 Å². The molecule has 0 spiro atoms. The first kappa shape index (κ1) is 45.5. The van der Waals surface area contributed by atoms with Gasteiger partial charge in [0.15, 0.2) is 0 Å². The number of anilines is 4. The second-order valence-electron chi connectivity index (χ2n) is 12.8. The molecule has 8 N–H and O–H groups in total. The number of fused-ring (bicyclic) bond motifs is 1. The number of nitrogens with one attached hydrogen (secondary N) is 8. The van der Waals surface area contributed by atoms with E-state index >= 15 is 0 Å². The van der Waals surface area contributed by atoms with Crippen LogP contribution in [-0.2, 0) is 39.0 Å². The maximum absolute atomic E-state index is 13.1. The Bertz CT molecular complexity index is 1530. The van der Waals surface area contributed by atoms with Gasteiger partial charge in [-0.3, -0.25) is 4.79 Å². The van der Waals surface area contributed by atoms with Crippen molar-refractivity contribution in [3.63, 3.8) is 0 Å². The van der Waals surface area contributed by atoms with E-state index in [0.29, 0.717) is 35.4 Å². The number of carbonyl (C=O) groups is 1. The molecule has 0 atom stereocenters. The minimum Gasteiger partial charge on any atom is -0.422 e. The molecule has 0 radical (unpaired) electrons. The van der Waals surface area contributed by atoms with Crippen molar-refractivity contribution in [3.05, 3.63) is 40.2 Å². The third-order valence-corrected chi connectivity index (χ3v) is 9.11. The summed E-state index contributed by atoms with van der Waals surface area (Å²) >= 11 is 0. The zero-order valence-corrected chi connectivity index (χ0v) is 38.2. The third-order valence-electron chi connectivity index (χ3n) is 9.11. The third kappa shape index (κ3) is 14.3. The van der Waals surface area contributed by atoms with Gasteiger partial charge in [0.25, 0.3) is 5.91 Å². The largest absolute Gasteiger partial charge is 2.00 e. The second kappa shape index (κ2) is 25.3. The van der Waals surface area contributed by atoms with Crippen molar-refractivity contribution >= 4 is 40.4 Å². The Hall–Kier alpha value is -2.88. The Kier molecular flexibility index (Phi) is 21.3. The predicted molar refractivity (Wildman–Crippen MR) is 208 cm³/mol. The number of amides is 1. The normalized spacial score (nSPS) is 17.0. The molecule has 0 bridgehead atoms. The number of hydrogen-bond donors (Lipinski definition) is 8. The number of nitrogens with zero attached hydrogens (tertiary/aromatic N) is 6. The standard InChI is InChI=1S/C35H58N14O3.2Zn/c1-3-47(4-2)28-6-5-27-25-29(32(51)52-30(27)26-28)31(50)42-15-16-43-33-44-34(48-21-17-38-11-7-36-8-12-39-18-22-48)46-35(45-33)49-23-19-40-13-9-37-10-14-41-20-24-49;;/h5-6,25-26,36-41H,3-4,7-24H2,1-2H3,(H,42,50)(H,43,44,45,46);;/q;2*+2. The van der Waals surface area contributed by atoms with E-state index in [1.807, 2.05) is 18.2 Å². The maximum Gasteiger partial charge on any atom is 2.00 e. The van der Waals surface area contributed by atoms with Gasteiger partial charge in [-0.25, -0.2) is 4.79 Å². The fourth-order valence-corrected chi connectivity index (χ4v) is 6.14. The van der Waals surface area contributed by atoms with E-state index in [9.17, 15) is 9.59 Å². The molecule has 5 rings (SSSR count). The number of rotatable bonds is 10. The van der Waals surface area contributed by atoms with Crippen molar-refractivity contribution in [2.45, 2.75) is 13.8 Å². The average molecular weight is 854 g/mol. The first-order chi connectivity index (χ1) is 25.6. The summed E-state index contributed by atoms with van der Waals surface area (Å²) in [4.78, 5) is 47.3. The van der Waals surface area contributed by atoms with E-state index in [4.69, 9.17) is 19.4 Å². The number of aromatic nitrogens is 3. The van der Waals surface area contributed by atoms with Crippen LogP contribution < -0.4 is 62.9 Å². The van der Waals surface area contributed by atoms with Gasteiger partial charge in [-0.1, -0.05) is 0 Å². The summed E-state index contributed by atoms with van der Waals surface area (Å²) in [6, 6.07) is 7.29. The molecule has 17 nitrogen and oxygen atoms in total. The maximum atomic E-state index is 13.1. The first-order valence-corrected chi connectivity index (χ1v) is 18.9. The monoisotopic (exact) mass is 850 g/mol. The number of hydrogen-bond acceptors (Lipinski definition) is 16. The molecule has 54 heavy (non-hydrogen) atoms. The van der Waals surface area contributed by atoms with Gasteiger partial charge in [0.2, 0.25) is 17.8 Å². The summed E-state index contributed by atoms with van der Waals surface area (Å²) in [6.45, 7) is 19.7. The van der Waals surface area contributed by atoms with Crippen LogP contribution in [0.1, 0.15) is 24.2 Å². The Morgan fingerprint density at radius 3 is 1.67 bits per heavy atom. The molecule has 1 amide bonds. The van der Waals surface area contributed by atoms with Gasteiger partial charge in [0.1, 0.15) is 11.1 Å². The van der Waals surface area contributed by atoms with Gasteiger partial charge < -0.3 is 61.7 Å². The molecule has 2 aliphatic rings. The molecule has 2 aliphatic heterocycles. The molecular formula is C35H58N14O3Zn2+4. The van der Waals surface area contributed by atoms with Crippen molar-refractivity contribution in [2.75, 3.05) is 151 Å². The SMILES string of the molecule is CCN(CC)c1ccc2cc(C(=O)NCCNc3nc(N4CCNCCNCCNCC4)nc(N4CCNCCNCCNCC4)n3)c(=O)oc2c1.[Zn+2].[Zn+2]. The summed E-state index contributed by atoms with van der Waals surface area (Å²) in [5, 5.41) is 27.8. The van der Waals surface area contributed by atoms with Crippen LogP contribution in [0, 0.1) is 0 Å². The summed E-state index contributed by atoms with van der Waals surface area (Å²) in [5.74, 6) is 1.14. The van der Waals surface area contributed by atoms with Crippen LogP contribution in [0.5, 0.6) is 0 Å². The molecule has 0 aliphatic carbocycles. The van der Waals surface area contributed by atoms with Crippen LogP contribution in [0.25, 0.3) is 11.0 Å². The molecule has 4 heterocycles. The molecule has 0 unspecified atom stereocenters. The fourth-order valence-electron chi connectivity index (χ4n) is 6.14. The Balaban J connectivity index is 0.00000392. The Morgan fingerprint density at radius 2 is 1.19 bits per heavy atom. The summed E-state index contributed by atoms with van der Waals surface area (Å²) < 4.78 is 5.58.